The van der Waals surface area contributed by atoms with Crippen LogP contribution in [-0.2, 0) is 0 Å². The predicted molar refractivity (Wildman–Crippen MR) is 58.0 cm³/mol. The molecular formula is C11H14ClNO. The van der Waals surface area contributed by atoms with Crippen molar-refractivity contribution in [3.05, 3.63) is 28.8 Å². The molecule has 1 aliphatic rings. The number of hydrogen-bond acceptors (Lipinski definition) is 2. The second-order valence-electron chi connectivity index (χ2n) is 3.51. The minimum atomic E-state index is 0.367. The van der Waals surface area contributed by atoms with Gasteiger partial charge in [0.2, 0.25) is 0 Å². The molecule has 1 unspecified atom stereocenters. The van der Waals surface area contributed by atoms with Gasteiger partial charge in [-0.25, -0.2) is 0 Å². The Balaban J connectivity index is 2.40. The fourth-order valence-corrected chi connectivity index (χ4v) is 2.03. The van der Waals surface area contributed by atoms with E-state index in [0.29, 0.717) is 6.04 Å². The second kappa shape index (κ2) is 4.20. The molecule has 1 atom stereocenters. The summed E-state index contributed by atoms with van der Waals surface area (Å²) >= 11 is 5.97. The Morgan fingerprint density at radius 3 is 3.14 bits per heavy atom. The summed E-state index contributed by atoms with van der Waals surface area (Å²) in [5.74, 6) is 0.964. The monoisotopic (exact) mass is 211 g/mol. The van der Waals surface area contributed by atoms with Crippen molar-refractivity contribution < 1.29 is 4.74 Å². The maximum absolute atomic E-state index is 5.97. The second-order valence-corrected chi connectivity index (χ2v) is 3.95. The first-order valence-electron chi connectivity index (χ1n) is 4.91. The summed E-state index contributed by atoms with van der Waals surface area (Å²) in [7, 11) is 1.97. The van der Waals surface area contributed by atoms with Gasteiger partial charge in [-0.15, -0.1) is 0 Å². The minimum absolute atomic E-state index is 0.367. The van der Waals surface area contributed by atoms with Crippen molar-refractivity contribution in [2.45, 2.75) is 18.9 Å². The molecule has 1 aromatic carbocycles. The molecule has 0 aliphatic carbocycles. The average molecular weight is 212 g/mol. The first-order valence-corrected chi connectivity index (χ1v) is 5.28. The van der Waals surface area contributed by atoms with Crippen molar-refractivity contribution in [3.63, 3.8) is 0 Å². The van der Waals surface area contributed by atoms with E-state index in [2.05, 4.69) is 5.32 Å². The molecule has 0 spiro atoms. The first kappa shape index (κ1) is 9.81. The maximum Gasteiger partial charge on any atom is 0.124 e. The summed E-state index contributed by atoms with van der Waals surface area (Å²) in [4.78, 5) is 0. The first-order chi connectivity index (χ1) is 6.81. The third-order valence-electron chi connectivity index (χ3n) is 2.59. The summed E-state index contributed by atoms with van der Waals surface area (Å²) in [6, 6.07) is 6.18. The van der Waals surface area contributed by atoms with E-state index in [1.54, 1.807) is 0 Å². The van der Waals surface area contributed by atoms with E-state index in [1.165, 1.54) is 5.56 Å². The van der Waals surface area contributed by atoms with Gasteiger partial charge in [-0.05, 0) is 38.1 Å². The van der Waals surface area contributed by atoms with Crippen LogP contribution in [0.25, 0.3) is 0 Å². The number of nitrogens with one attached hydrogen (secondary N) is 1. The van der Waals surface area contributed by atoms with Crippen LogP contribution in [0, 0.1) is 0 Å². The Kier molecular flexibility index (Phi) is 2.94. The molecule has 3 heteroatoms. The smallest absolute Gasteiger partial charge is 0.124 e. The molecule has 1 N–H and O–H groups in total. The van der Waals surface area contributed by atoms with Gasteiger partial charge in [-0.2, -0.15) is 0 Å². The quantitative estimate of drug-likeness (QED) is 0.772. The van der Waals surface area contributed by atoms with E-state index >= 15 is 0 Å². The zero-order valence-corrected chi connectivity index (χ0v) is 8.97. The average Bonchev–Trinajstić information content (AvgIpc) is 2.39. The maximum atomic E-state index is 5.97. The minimum Gasteiger partial charge on any atom is -0.493 e. The molecule has 0 radical (unpaired) electrons. The van der Waals surface area contributed by atoms with Gasteiger partial charge in [0.05, 0.1) is 6.61 Å². The normalized spacial score (nSPS) is 20.9. The lowest BCUT2D eigenvalue weighted by Gasteiger charge is -2.15. The Morgan fingerprint density at radius 1 is 1.50 bits per heavy atom. The third-order valence-corrected chi connectivity index (χ3v) is 2.83. The molecule has 0 fully saturated rings. The fraction of sp³-hybridized carbons (Fsp3) is 0.455. The summed E-state index contributed by atoms with van der Waals surface area (Å²) in [5, 5.41) is 4.06. The van der Waals surface area contributed by atoms with Crippen LogP contribution >= 0.6 is 11.6 Å². The van der Waals surface area contributed by atoms with Gasteiger partial charge in [0, 0.05) is 16.6 Å². The zero-order valence-electron chi connectivity index (χ0n) is 8.22. The lowest BCUT2D eigenvalue weighted by molar-refractivity contribution is 0.315. The highest BCUT2D eigenvalue weighted by atomic mass is 35.5. The van der Waals surface area contributed by atoms with Crippen LogP contribution in [0.5, 0.6) is 5.75 Å². The molecule has 0 aromatic heterocycles. The van der Waals surface area contributed by atoms with Gasteiger partial charge < -0.3 is 10.1 Å². The highest BCUT2D eigenvalue weighted by Crippen LogP contribution is 2.33. The summed E-state index contributed by atoms with van der Waals surface area (Å²) in [6.07, 6.45) is 2.18. The number of benzene rings is 1. The van der Waals surface area contributed by atoms with Crippen LogP contribution in [0.2, 0.25) is 5.02 Å². The van der Waals surface area contributed by atoms with Crippen LogP contribution in [0.4, 0.5) is 0 Å². The van der Waals surface area contributed by atoms with Crippen molar-refractivity contribution in [3.8, 4) is 5.75 Å². The SMILES string of the molecule is CNC1CCCOc2ccc(Cl)cc21. The van der Waals surface area contributed by atoms with Crippen molar-refractivity contribution in [1.29, 1.82) is 0 Å². The molecule has 2 rings (SSSR count). The molecule has 76 valence electrons. The highest BCUT2D eigenvalue weighted by molar-refractivity contribution is 6.30. The summed E-state index contributed by atoms with van der Waals surface area (Å²) in [6.45, 7) is 0.798. The van der Waals surface area contributed by atoms with Crippen LogP contribution in [0.15, 0.2) is 18.2 Å². The molecule has 0 amide bonds. The largest absolute Gasteiger partial charge is 0.493 e. The Bertz CT molecular complexity index is 327. The van der Waals surface area contributed by atoms with Gasteiger partial charge >= 0.3 is 0 Å². The Labute approximate surface area is 89.2 Å². The lowest BCUT2D eigenvalue weighted by Crippen LogP contribution is -2.15. The molecule has 1 aromatic rings. The van der Waals surface area contributed by atoms with Gasteiger partial charge in [-0.1, -0.05) is 11.6 Å². The summed E-state index contributed by atoms with van der Waals surface area (Å²) in [5.41, 5.74) is 1.18. The van der Waals surface area contributed by atoms with Gasteiger partial charge in [-0.3, -0.25) is 0 Å². The van der Waals surface area contributed by atoms with E-state index in [0.717, 1.165) is 30.2 Å². The molecule has 14 heavy (non-hydrogen) atoms. The van der Waals surface area contributed by atoms with Gasteiger partial charge in [0.15, 0.2) is 0 Å². The topological polar surface area (TPSA) is 21.3 Å². The third kappa shape index (κ3) is 1.86. The standard InChI is InChI=1S/C11H14ClNO/c1-13-10-3-2-6-14-11-5-4-8(12)7-9(10)11/h4-5,7,10,13H,2-3,6H2,1H3. The molecule has 0 saturated heterocycles. The molecule has 1 heterocycles. The molecule has 0 bridgehead atoms. The Morgan fingerprint density at radius 2 is 2.36 bits per heavy atom. The van der Waals surface area contributed by atoms with Crippen molar-refractivity contribution in [2.24, 2.45) is 0 Å². The van der Waals surface area contributed by atoms with E-state index in [4.69, 9.17) is 16.3 Å². The Hall–Kier alpha value is -0.730. The number of rotatable bonds is 1. The van der Waals surface area contributed by atoms with Crippen LogP contribution < -0.4 is 10.1 Å². The van der Waals surface area contributed by atoms with Crippen molar-refractivity contribution >= 4 is 11.6 Å². The lowest BCUT2D eigenvalue weighted by atomic mass is 10.0. The number of halogens is 1. The zero-order chi connectivity index (χ0) is 9.97. The molecule has 2 nitrogen and oxygen atoms in total. The van der Waals surface area contributed by atoms with E-state index in [9.17, 15) is 0 Å². The number of hydrogen-bond donors (Lipinski definition) is 1. The molecule has 1 aliphatic heterocycles. The fourth-order valence-electron chi connectivity index (χ4n) is 1.85. The highest BCUT2D eigenvalue weighted by Gasteiger charge is 2.18. The van der Waals surface area contributed by atoms with Crippen molar-refractivity contribution in [2.75, 3.05) is 13.7 Å². The van der Waals surface area contributed by atoms with Gasteiger partial charge in [0.25, 0.3) is 0 Å². The summed E-state index contributed by atoms with van der Waals surface area (Å²) < 4.78 is 5.64. The number of ether oxygens (including phenoxy) is 1. The molecule has 0 saturated carbocycles. The van der Waals surface area contributed by atoms with Crippen molar-refractivity contribution in [1.82, 2.24) is 5.32 Å². The predicted octanol–water partition coefficient (Wildman–Crippen LogP) is 2.77. The number of fused-ring (bicyclic) bond motifs is 1. The van der Waals surface area contributed by atoms with Crippen LogP contribution in [0.1, 0.15) is 24.4 Å². The van der Waals surface area contributed by atoms with Crippen LogP contribution in [-0.4, -0.2) is 13.7 Å². The van der Waals surface area contributed by atoms with Crippen LogP contribution in [0.3, 0.4) is 0 Å². The van der Waals surface area contributed by atoms with E-state index in [1.807, 2.05) is 25.2 Å². The van der Waals surface area contributed by atoms with E-state index in [-0.39, 0.29) is 0 Å². The van der Waals surface area contributed by atoms with Gasteiger partial charge in [0.1, 0.15) is 5.75 Å². The molecular weight excluding hydrogens is 198 g/mol. The van der Waals surface area contributed by atoms with E-state index < -0.39 is 0 Å².